The maximum atomic E-state index is 5.27. The molecule has 0 aromatic carbocycles. The molecule has 0 aliphatic carbocycles. The van der Waals surface area contributed by atoms with Gasteiger partial charge in [0.15, 0.2) is 5.82 Å². The van der Waals surface area contributed by atoms with Crippen molar-refractivity contribution in [3.63, 3.8) is 0 Å². The first-order valence-electron chi connectivity index (χ1n) is 6.41. The van der Waals surface area contributed by atoms with Gasteiger partial charge in [-0.25, -0.2) is 0 Å². The Kier molecular flexibility index (Phi) is 4.12. The average molecular weight is 238 g/mol. The van der Waals surface area contributed by atoms with Crippen LogP contribution in [0.25, 0.3) is 0 Å². The molecular weight excluding hydrogens is 216 g/mol. The molecule has 1 N–H and O–H groups in total. The molecule has 1 aliphatic rings. The lowest BCUT2D eigenvalue weighted by molar-refractivity contribution is 0.167. The first-order chi connectivity index (χ1) is 8.19. The molecule has 1 aliphatic heterocycles. The highest BCUT2D eigenvalue weighted by Gasteiger charge is 2.20. The molecule has 1 atom stereocenters. The first-order valence-corrected chi connectivity index (χ1v) is 6.41. The Labute approximate surface area is 103 Å². The lowest BCUT2D eigenvalue weighted by Gasteiger charge is -2.31. The number of rotatable bonds is 4. The van der Waals surface area contributed by atoms with Gasteiger partial charge >= 0.3 is 0 Å². The van der Waals surface area contributed by atoms with E-state index in [4.69, 9.17) is 4.52 Å². The van der Waals surface area contributed by atoms with E-state index in [-0.39, 0.29) is 0 Å². The van der Waals surface area contributed by atoms with Gasteiger partial charge in [-0.1, -0.05) is 19.0 Å². The number of hydrogen-bond acceptors (Lipinski definition) is 5. The summed E-state index contributed by atoms with van der Waals surface area (Å²) in [7, 11) is 2.03. The van der Waals surface area contributed by atoms with Crippen LogP contribution in [-0.4, -0.2) is 41.2 Å². The van der Waals surface area contributed by atoms with E-state index in [0.29, 0.717) is 12.0 Å². The zero-order chi connectivity index (χ0) is 12.3. The zero-order valence-corrected chi connectivity index (χ0v) is 10.9. The van der Waals surface area contributed by atoms with Crippen LogP contribution in [0.2, 0.25) is 0 Å². The second-order valence-corrected chi connectivity index (χ2v) is 5.06. The summed E-state index contributed by atoms with van der Waals surface area (Å²) in [6.45, 7) is 7.12. The smallest absolute Gasteiger partial charge is 0.240 e. The fourth-order valence-corrected chi connectivity index (χ4v) is 2.19. The quantitative estimate of drug-likeness (QED) is 0.858. The Bertz CT molecular complexity index is 350. The van der Waals surface area contributed by atoms with E-state index in [0.717, 1.165) is 31.3 Å². The normalized spacial score (nSPS) is 22.2. The number of likely N-dealkylation sites (tertiary alicyclic amines) is 1. The van der Waals surface area contributed by atoms with Crippen LogP contribution in [0.1, 0.15) is 44.3 Å². The van der Waals surface area contributed by atoms with Gasteiger partial charge in [0, 0.05) is 18.5 Å². The molecule has 1 aromatic heterocycles. The molecule has 17 heavy (non-hydrogen) atoms. The van der Waals surface area contributed by atoms with Gasteiger partial charge in [0.1, 0.15) is 0 Å². The van der Waals surface area contributed by atoms with E-state index in [9.17, 15) is 0 Å². The van der Waals surface area contributed by atoms with Crippen molar-refractivity contribution >= 4 is 0 Å². The standard InChI is InChI=1S/C12H22N4O/c1-9(2)12-14-11(17-15-12)8-16-6-4-5-10(7-16)13-3/h9-10,13H,4-8H2,1-3H3. The predicted octanol–water partition coefficient (Wildman–Crippen LogP) is 1.38. The van der Waals surface area contributed by atoms with Crippen LogP contribution in [0.3, 0.4) is 0 Å². The molecule has 5 nitrogen and oxygen atoms in total. The molecule has 2 heterocycles. The highest BCUT2D eigenvalue weighted by atomic mass is 16.5. The summed E-state index contributed by atoms with van der Waals surface area (Å²) in [5.74, 6) is 1.88. The predicted molar refractivity (Wildman–Crippen MR) is 65.7 cm³/mol. The molecule has 0 spiro atoms. The van der Waals surface area contributed by atoms with Gasteiger partial charge in [-0.2, -0.15) is 4.98 Å². The Morgan fingerprint density at radius 2 is 2.35 bits per heavy atom. The number of hydrogen-bond donors (Lipinski definition) is 1. The van der Waals surface area contributed by atoms with Gasteiger partial charge in [0.05, 0.1) is 6.54 Å². The number of aromatic nitrogens is 2. The highest BCUT2D eigenvalue weighted by molar-refractivity contribution is 4.92. The summed E-state index contributed by atoms with van der Waals surface area (Å²) in [6.07, 6.45) is 2.49. The van der Waals surface area contributed by atoms with Crippen molar-refractivity contribution in [2.75, 3.05) is 20.1 Å². The van der Waals surface area contributed by atoms with Crippen molar-refractivity contribution < 1.29 is 4.52 Å². The molecule has 2 rings (SSSR count). The first kappa shape index (κ1) is 12.5. The van der Waals surface area contributed by atoms with Gasteiger partial charge in [0.2, 0.25) is 5.89 Å². The Morgan fingerprint density at radius 1 is 1.53 bits per heavy atom. The molecule has 1 fully saturated rings. The second-order valence-electron chi connectivity index (χ2n) is 5.06. The molecule has 0 saturated carbocycles. The van der Waals surface area contributed by atoms with Gasteiger partial charge in [-0.3, -0.25) is 4.90 Å². The van der Waals surface area contributed by atoms with Crippen LogP contribution < -0.4 is 5.32 Å². The molecule has 0 amide bonds. The van der Waals surface area contributed by atoms with Crippen molar-refractivity contribution in [2.45, 2.75) is 45.2 Å². The Morgan fingerprint density at radius 3 is 3.00 bits per heavy atom. The molecular formula is C12H22N4O. The van der Waals surface area contributed by atoms with E-state index in [1.54, 1.807) is 0 Å². The topological polar surface area (TPSA) is 54.2 Å². The lowest BCUT2D eigenvalue weighted by atomic mass is 10.1. The highest BCUT2D eigenvalue weighted by Crippen LogP contribution is 2.14. The molecule has 0 bridgehead atoms. The van der Waals surface area contributed by atoms with E-state index < -0.39 is 0 Å². The second kappa shape index (κ2) is 5.60. The third-order valence-corrected chi connectivity index (χ3v) is 3.27. The summed E-state index contributed by atoms with van der Waals surface area (Å²) in [4.78, 5) is 6.79. The molecule has 1 aromatic rings. The average Bonchev–Trinajstić information content (AvgIpc) is 2.78. The maximum absolute atomic E-state index is 5.27. The van der Waals surface area contributed by atoms with Gasteiger partial charge < -0.3 is 9.84 Å². The van der Waals surface area contributed by atoms with Crippen LogP contribution in [0.15, 0.2) is 4.52 Å². The number of nitrogens with zero attached hydrogens (tertiary/aromatic N) is 3. The molecule has 5 heteroatoms. The fourth-order valence-electron chi connectivity index (χ4n) is 2.19. The van der Waals surface area contributed by atoms with Crippen molar-refractivity contribution in [2.24, 2.45) is 0 Å². The van der Waals surface area contributed by atoms with Gasteiger partial charge in [0.25, 0.3) is 0 Å². The molecule has 1 saturated heterocycles. The van der Waals surface area contributed by atoms with Crippen LogP contribution in [0, 0.1) is 0 Å². The largest absolute Gasteiger partial charge is 0.338 e. The Hall–Kier alpha value is -0.940. The molecule has 0 radical (unpaired) electrons. The van der Waals surface area contributed by atoms with Crippen molar-refractivity contribution in [3.8, 4) is 0 Å². The number of piperidine rings is 1. The van der Waals surface area contributed by atoms with E-state index in [2.05, 4.69) is 34.2 Å². The van der Waals surface area contributed by atoms with E-state index in [1.807, 2.05) is 7.05 Å². The summed E-state index contributed by atoms with van der Waals surface area (Å²) in [5.41, 5.74) is 0. The summed E-state index contributed by atoms with van der Waals surface area (Å²) in [6, 6.07) is 0.594. The minimum atomic E-state index is 0.332. The van der Waals surface area contributed by atoms with Crippen molar-refractivity contribution in [1.29, 1.82) is 0 Å². The third kappa shape index (κ3) is 3.26. The number of nitrogens with one attached hydrogen (secondary N) is 1. The van der Waals surface area contributed by atoms with E-state index in [1.165, 1.54) is 12.8 Å². The van der Waals surface area contributed by atoms with Crippen molar-refractivity contribution in [1.82, 2.24) is 20.4 Å². The van der Waals surface area contributed by atoms with Crippen LogP contribution in [-0.2, 0) is 6.54 Å². The van der Waals surface area contributed by atoms with Crippen LogP contribution in [0.5, 0.6) is 0 Å². The summed E-state index contributed by atoms with van der Waals surface area (Å²) >= 11 is 0. The fraction of sp³-hybridized carbons (Fsp3) is 0.833. The summed E-state index contributed by atoms with van der Waals surface area (Å²) < 4.78 is 5.27. The van der Waals surface area contributed by atoms with Crippen LogP contribution in [0.4, 0.5) is 0 Å². The Balaban J connectivity index is 1.91. The zero-order valence-electron chi connectivity index (χ0n) is 10.9. The third-order valence-electron chi connectivity index (χ3n) is 3.27. The van der Waals surface area contributed by atoms with Crippen LogP contribution >= 0.6 is 0 Å². The SMILES string of the molecule is CNC1CCCN(Cc2nc(C(C)C)no2)C1. The maximum Gasteiger partial charge on any atom is 0.240 e. The van der Waals surface area contributed by atoms with Crippen molar-refractivity contribution in [3.05, 3.63) is 11.7 Å². The number of likely N-dealkylation sites (N-methyl/N-ethyl adjacent to an activating group) is 1. The lowest BCUT2D eigenvalue weighted by Crippen LogP contribution is -2.43. The minimum Gasteiger partial charge on any atom is -0.338 e. The molecule has 1 unspecified atom stereocenters. The van der Waals surface area contributed by atoms with Gasteiger partial charge in [-0.05, 0) is 26.4 Å². The summed E-state index contributed by atoms with van der Waals surface area (Å²) in [5, 5.41) is 7.33. The van der Waals surface area contributed by atoms with Gasteiger partial charge in [-0.15, -0.1) is 0 Å². The minimum absolute atomic E-state index is 0.332. The monoisotopic (exact) mass is 238 g/mol. The molecule has 96 valence electrons. The van der Waals surface area contributed by atoms with E-state index >= 15 is 0 Å².